The van der Waals surface area contributed by atoms with Crippen LogP contribution in [-0.4, -0.2) is 20.7 Å². The molecule has 4 rings (SSSR count). The predicted octanol–water partition coefficient (Wildman–Crippen LogP) is 5.18. The van der Waals surface area contributed by atoms with Crippen molar-refractivity contribution in [2.75, 3.05) is 5.32 Å². The lowest BCUT2D eigenvalue weighted by atomic mass is 10.1. The van der Waals surface area contributed by atoms with Gasteiger partial charge in [0.25, 0.3) is 11.5 Å². The van der Waals surface area contributed by atoms with Crippen LogP contribution < -0.4 is 10.9 Å². The quantitative estimate of drug-likeness (QED) is 0.474. The summed E-state index contributed by atoms with van der Waals surface area (Å²) >= 11 is 1.34. The highest BCUT2D eigenvalue weighted by Crippen LogP contribution is 2.38. The van der Waals surface area contributed by atoms with Crippen LogP contribution in [0.4, 0.5) is 5.13 Å². The van der Waals surface area contributed by atoms with Crippen molar-refractivity contribution in [2.45, 2.75) is 26.8 Å². The van der Waals surface area contributed by atoms with Gasteiger partial charge in [0.05, 0.1) is 16.6 Å². The molecule has 0 saturated heterocycles. The van der Waals surface area contributed by atoms with Crippen LogP contribution in [0.3, 0.4) is 0 Å². The maximum absolute atomic E-state index is 12.8. The molecule has 156 valence electrons. The molecule has 0 aliphatic heterocycles. The van der Waals surface area contributed by atoms with E-state index in [4.69, 9.17) is 4.98 Å². The number of nitrogens with zero attached hydrogens (tertiary/aromatic N) is 3. The van der Waals surface area contributed by atoms with E-state index in [9.17, 15) is 9.59 Å². The number of thiazole rings is 1. The van der Waals surface area contributed by atoms with Crippen LogP contribution >= 0.6 is 11.3 Å². The van der Waals surface area contributed by atoms with Crippen molar-refractivity contribution in [1.29, 1.82) is 0 Å². The van der Waals surface area contributed by atoms with Crippen molar-refractivity contribution in [3.05, 3.63) is 88.2 Å². The maximum Gasteiger partial charge on any atom is 0.267 e. The topological polar surface area (TPSA) is 76.9 Å². The zero-order chi connectivity index (χ0) is 22.0. The molecule has 2 heterocycles. The lowest BCUT2D eigenvalue weighted by Crippen LogP contribution is -2.23. The molecule has 0 spiro atoms. The van der Waals surface area contributed by atoms with Gasteiger partial charge in [-0.1, -0.05) is 59.9 Å². The van der Waals surface area contributed by atoms with Crippen molar-refractivity contribution in [3.63, 3.8) is 0 Å². The minimum atomic E-state index is -0.210. The van der Waals surface area contributed by atoms with E-state index in [0.717, 1.165) is 16.0 Å². The number of anilines is 1. The molecule has 0 radical (unpaired) electrons. The largest absolute Gasteiger partial charge is 0.298 e. The first-order valence-corrected chi connectivity index (χ1v) is 10.8. The first-order valence-electron chi connectivity index (χ1n) is 9.97. The number of rotatable bonds is 5. The highest BCUT2D eigenvalue weighted by atomic mass is 32.1. The number of nitrogens with one attached hydrogen (secondary N) is 1. The van der Waals surface area contributed by atoms with E-state index in [2.05, 4.69) is 10.4 Å². The van der Waals surface area contributed by atoms with E-state index in [0.29, 0.717) is 22.1 Å². The highest BCUT2D eigenvalue weighted by molar-refractivity contribution is 7.19. The molecule has 0 aliphatic carbocycles. The molecular weight excluding hydrogens is 408 g/mol. The van der Waals surface area contributed by atoms with Gasteiger partial charge >= 0.3 is 0 Å². The number of hydrogen-bond acceptors (Lipinski definition) is 5. The Hall–Kier alpha value is -3.58. The summed E-state index contributed by atoms with van der Waals surface area (Å²) in [6, 6.07) is 20.3. The van der Waals surface area contributed by atoms with Gasteiger partial charge in [0.2, 0.25) is 0 Å². The number of carbonyl (C=O) groups excluding carboxylic acids is 1. The third-order valence-corrected chi connectivity index (χ3v) is 5.82. The van der Waals surface area contributed by atoms with Gasteiger partial charge in [0.15, 0.2) is 5.13 Å². The van der Waals surface area contributed by atoms with Crippen LogP contribution in [0, 0.1) is 6.92 Å². The van der Waals surface area contributed by atoms with E-state index in [1.54, 1.807) is 12.1 Å². The van der Waals surface area contributed by atoms with E-state index in [-0.39, 0.29) is 17.5 Å². The Labute approximate surface area is 184 Å². The van der Waals surface area contributed by atoms with Gasteiger partial charge in [-0.25, -0.2) is 9.67 Å². The van der Waals surface area contributed by atoms with Crippen LogP contribution in [0.1, 0.15) is 35.8 Å². The van der Waals surface area contributed by atoms with Gasteiger partial charge in [-0.05, 0) is 38.5 Å². The molecular formula is C24H22N4O2S. The summed E-state index contributed by atoms with van der Waals surface area (Å²) in [5, 5.41) is 7.95. The summed E-state index contributed by atoms with van der Waals surface area (Å²) in [5.41, 5.74) is 3.61. The summed E-state index contributed by atoms with van der Waals surface area (Å²) in [4.78, 5) is 30.5. The monoisotopic (exact) mass is 430 g/mol. The fraction of sp³-hybridized carbons (Fsp3) is 0.167. The normalized spacial score (nSPS) is 11.0. The minimum Gasteiger partial charge on any atom is -0.298 e. The lowest BCUT2D eigenvalue weighted by Gasteiger charge is -2.09. The molecule has 0 fully saturated rings. The average Bonchev–Trinajstić information content (AvgIpc) is 3.18. The number of carbonyl (C=O) groups is 1. The Morgan fingerprint density at radius 3 is 2.42 bits per heavy atom. The fourth-order valence-electron chi connectivity index (χ4n) is 3.25. The highest BCUT2D eigenvalue weighted by Gasteiger charge is 2.19. The standard InChI is InChI=1S/C24H22N4O2S/c1-15(2)28-20(29)14-13-19(27-28)22-21(17-10-5-4-6-11-17)25-24(31-22)26-23(30)18-12-8-7-9-16(18)3/h4-15H,1-3H3,(H,25,26,30). The summed E-state index contributed by atoms with van der Waals surface area (Å²) in [6.07, 6.45) is 0. The second-order valence-corrected chi connectivity index (χ2v) is 8.43. The molecule has 0 unspecified atom stereocenters. The van der Waals surface area contributed by atoms with Crippen molar-refractivity contribution in [2.24, 2.45) is 0 Å². The van der Waals surface area contributed by atoms with Crippen molar-refractivity contribution in [3.8, 4) is 21.8 Å². The van der Waals surface area contributed by atoms with E-state index >= 15 is 0 Å². The molecule has 0 atom stereocenters. The van der Waals surface area contributed by atoms with Gasteiger partial charge in [-0.15, -0.1) is 0 Å². The third-order valence-electron chi connectivity index (χ3n) is 4.83. The van der Waals surface area contributed by atoms with E-state index in [1.165, 1.54) is 22.1 Å². The number of amides is 1. The van der Waals surface area contributed by atoms with Crippen LogP contribution in [0.15, 0.2) is 71.5 Å². The smallest absolute Gasteiger partial charge is 0.267 e. The zero-order valence-electron chi connectivity index (χ0n) is 17.5. The molecule has 2 aromatic heterocycles. The Morgan fingerprint density at radius 2 is 1.71 bits per heavy atom. The zero-order valence-corrected chi connectivity index (χ0v) is 18.3. The average molecular weight is 431 g/mol. The summed E-state index contributed by atoms with van der Waals surface area (Å²) in [6.45, 7) is 5.73. The Balaban J connectivity index is 1.79. The number of benzene rings is 2. The maximum atomic E-state index is 12.8. The van der Waals surface area contributed by atoms with Crippen LogP contribution in [0.5, 0.6) is 0 Å². The van der Waals surface area contributed by atoms with Crippen LogP contribution in [-0.2, 0) is 0 Å². The first kappa shape index (κ1) is 20.7. The van der Waals surface area contributed by atoms with Gasteiger partial charge in [-0.3, -0.25) is 14.9 Å². The fourth-order valence-corrected chi connectivity index (χ4v) is 4.19. The number of aryl methyl sites for hydroxylation is 1. The van der Waals surface area contributed by atoms with E-state index in [1.807, 2.05) is 69.3 Å². The first-order chi connectivity index (χ1) is 14.9. The summed E-state index contributed by atoms with van der Waals surface area (Å²) in [5.74, 6) is -0.210. The molecule has 1 N–H and O–H groups in total. The third kappa shape index (κ3) is 4.32. The van der Waals surface area contributed by atoms with E-state index < -0.39 is 0 Å². The van der Waals surface area contributed by atoms with Crippen molar-refractivity contribution in [1.82, 2.24) is 14.8 Å². The molecule has 4 aromatic rings. The predicted molar refractivity (Wildman–Crippen MR) is 125 cm³/mol. The second-order valence-electron chi connectivity index (χ2n) is 7.43. The lowest BCUT2D eigenvalue weighted by molar-refractivity contribution is 0.102. The molecule has 1 amide bonds. The molecule has 0 bridgehead atoms. The molecule has 2 aromatic carbocycles. The number of hydrogen-bond donors (Lipinski definition) is 1. The van der Waals surface area contributed by atoms with Crippen LogP contribution in [0.2, 0.25) is 0 Å². The summed E-state index contributed by atoms with van der Waals surface area (Å²) in [7, 11) is 0. The van der Waals surface area contributed by atoms with Crippen molar-refractivity contribution < 1.29 is 4.79 Å². The Morgan fingerprint density at radius 1 is 1.00 bits per heavy atom. The van der Waals surface area contributed by atoms with Gasteiger partial charge < -0.3 is 0 Å². The van der Waals surface area contributed by atoms with Gasteiger partial charge in [0, 0.05) is 17.2 Å². The minimum absolute atomic E-state index is 0.0687. The Kier molecular flexibility index (Phi) is 5.77. The molecule has 6 nitrogen and oxygen atoms in total. The molecule has 0 saturated carbocycles. The second kappa shape index (κ2) is 8.65. The molecule has 31 heavy (non-hydrogen) atoms. The SMILES string of the molecule is Cc1ccccc1C(=O)Nc1nc(-c2ccccc2)c(-c2ccc(=O)n(C(C)C)n2)s1. The van der Waals surface area contributed by atoms with Crippen molar-refractivity contribution >= 4 is 22.4 Å². The molecule has 0 aliphatic rings. The van der Waals surface area contributed by atoms with Gasteiger partial charge in [-0.2, -0.15) is 5.10 Å². The molecule has 7 heteroatoms. The summed E-state index contributed by atoms with van der Waals surface area (Å²) < 4.78 is 1.45. The van der Waals surface area contributed by atoms with Crippen LogP contribution in [0.25, 0.3) is 21.8 Å². The number of aromatic nitrogens is 3. The Bertz CT molecular complexity index is 1290. The van der Waals surface area contributed by atoms with Gasteiger partial charge in [0.1, 0.15) is 5.69 Å².